The average molecular weight is 431 g/mol. The van der Waals surface area contributed by atoms with Crippen LogP contribution in [0.4, 0.5) is 0 Å². The molecule has 0 aliphatic heterocycles. The number of methoxy groups -OCH3 is 1. The SMILES string of the molecule is COC(=O)[C@@H]1CC2=CC(=O)CC[C@]2(C)[C@H]2CC[C@@]3(C)[C@@H]([C@@H]4C[C@@H]4[C@@]3(O)CCC(=O)O)[C@H]12. The van der Waals surface area contributed by atoms with E-state index in [0.29, 0.717) is 18.8 Å². The number of carboxylic acid groups (broad SMARTS) is 1. The van der Waals surface area contributed by atoms with Gasteiger partial charge in [0.25, 0.3) is 0 Å². The van der Waals surface area contributed by atoms with Gasteiger partial charge in [0.2, 0.25) is 0 Å². The normalized spacial score (nSPS) is 49.8. The van der Waals surface area contributed by atoms with E-state index in [4.69, 9.17) is 4.74 Å². The monoisotopic (exact) mass is 430 g/mol. The number of ketones is 1. The van der Waals surface area contributed by atoms with Gasteiger partial charge in [0.1, 0.15) is 0 Å². The molecule has 2 N–H and O–H groups in total. The first-order valence-corrected chi connectivity index (χ1v) is 11.8. The van der Waals surface area contributed by atoms with Crippen molar-refractivity contribution < 1.29 is 29.3 Å². The van der Waals surface area contributed by atoms with Crippen molar-refractivity contribution in [3.8, 4) is 0 Å². The lowest BCUT2D eigenvalue weighted by molar-refractivity contribution is -0.177. The molecular weight excluding hydrogens is 396 g/mol. The number of hydrogen-bond acceptors (Lipinski definition) is 5. The first-order chi connectivity index (χ1) is 14.6. The molecule has 170 valence electrons. The Morgan fingerprint density at radius 1 is 1.23 bits per heavy atom. The molecule has 6 nitrogen and oxygen atoms in total. The van der Waals surface area contributed by atoms with Gasteiger partial charge in [-0.2, -0.15) is 0 Å². The van der Waals surface area contributed by atoms with E-state index in [1.165, 1.54) is 7.11 Å². The van der Waals surface area contributed by atoms with Crippen molar-refractivity contribution in [1.29, 1.82) is 0 Å². The Morgan fingerprint density at radius 2 is 1.97 bits per heavy atom. The number of allylic oxidation sites excluding steroid dienone is 1. The van der Waals surface area contributed by atoms with E-state index in [2.05, 4.69) is 13.8 Å². The number of carboxylic acids is 1. The zero-order valence-corrected chi connectivity index (χ0v) is 18.7. The fourth-order valence-corrected chi connectivity index (χ4v) is 8.83. The number of ether oxygens (including phenoxy) is 1. The Bertz CT molecular complexity index is 877. The number of carbonyl (C=O) groups is 3. The van der Waals surface area contributed by atoms with Crippen molar-refractivity contribution in [3.63, 3.8) is 0 Å². The fraction of sp³-hybridized carbons (Fsp3) is 0.800. The lowest BCUT2D eigenvalue weighted by atomic mass is 9.43. The summed E-state index contributed by atoms with van der Waals surface area (Å²) in [4.78, 5) is 36.5. The van der Waals surface area contributed by atoms with Crippen LogP contribution in [0, 0.1) is 46.3 Å². The molecule has 4 saturated carbocycles. The van der Waals surface area contributed by atoms with Gasteiger partial charge in [-0.3, -0.25) is 14.4 Å². The number of hydrogen-bond donors (Lipinski definition) is 2. The Balaban J connectivity index is 1.57. The van der Waals surface area contributed by atoms with Crippen LogP contribution in [0.1, 0.15) is 65.2 Å². The van der Waals surface area contributed by atoms with Gasteiger partial charge in [-0.25, -0.2) is 0 Å². The van der Waals surface area contributed by atoms with Crippen LogP contribution in [0.3, 0.4) is 0 Å². The molecular formula is C25H34O6. The highest BCUT2D eigenvalue weighted by atomic mass is 16.5. The summed E-state index contributed by atoms with van der Waals surface area (Å²) in [7, 11) is 1.44. The molecule has 0 amide bonds. The second-order valence-electron chi connectivity index (χ2n) is 11.4. The summed E-state index contributed by atoms with van der Waals surface area (Å²) >= 11 is 0. The Labute approximate surface area is 183 Å². The Kier molecular flexibility index (Phi) is 4.55. The molecule has 9 atom stereocenters. The molecule has 5 aliphatic rings. The smallest absolute Gasteiger partial charge is 0.309 e. The number of fused-ring (bicyclic) bond motifs is 7. The summed E-state index contributed by atoms with van der Waals surface area (Å²) in [5.41, 5.74) is -0.343. The molecule has 0 unspecified atom stereocenters. The van der Waals surface area contributed by atoms with Crippen LogP contribution < -0.4 is 0 Å². The largest absolute Gasteiger partial charge is 0.481 e. The van der Waals surface area contributed by atoms with Crippen LogP contribution in [0.25, 0.3) is 0 Å². The zero-order valence-electron chi connectivity index (χ0n) is 18.7. The molecule has 0 bridgehead atoms. The number of esters is 1. The molecule has 0 aromatic rings. The quantitative estimate of drug-likeness (QED) is 0.663. The van der Waals surface area contributed by atoms with Crippen molar-refractivity contribution in [2.45, 2.75) is 70.8 Å². The van der Waals surface area contributed by atoms with E-state index < -0.39 is 11.6 Å². The summed E-state index contributed by atoms with van der Waals surface area (Å²) < 4.78 is 5.25. The van der Waals surface area contributed by atoms with Gasteiger partial charge in [0.15, 0.2) is 5.78 Å². The summed E-state index contributed by atoms with van der Waals surface area (Å²) in [6, 6.07) is 0. The van der Waals surface area contributed by atoms with Gasteiger partial charge in [0.05, 0.1) is 18.6 Å². The van der Waals surface area contributed by atoms with E-state index in [-0.39, 0.29) is 65.0 Å². The summed E-state index contributed by atoms with van der Waals surface area (Å²) in [6.45, 7) is 4.42. The first-order valence-electron chi connectivity index (χ1n) is 11.8. The lowest BCUT2D eigenvalue weighted by Gasteiger charge is -2.61. The minimum absolute atomic E-state index is 0.0245. The standard InChI is InChI=1S/C25H34O6/c1-23-7-4-14(26)10-13(23)11-16(22(29)31-3)20-17(23)5-8-24(2)21(20)15-12-18(15)25(24,30)9-6-19(27)28/h10,15-18,20-21,30H,4-9,11-12H2,1-3H3,(H,27,28)/t15-,16-,17+,18+,20-,21+,23+,24+,25+/m1/s1. The van der Waals surface area contributed by atoms with Crippen molar-refractivity contribution >= 4 is 17.7 Å². The van der Waals surface area contributed by atoms with Crippen LogP contribution in [0.15, 0.2) is 11.6 Å². The molecule has 0 saturated heterocycles. The molecule has 5 rings (SSSR count). The van der Waals surface area contributed by atoms with E-state index in [1.807, 2.05) is 0 Å². The molecule has 31 heavy (non-hydrogen) atoms. The van der Waals surface area contributed by atoms with Gasteiger partial charge in [-0.1, -0.05) is 19.4 Å². The van der Waals surface area contributed by atoms with Crippen molar-refractivity contribution in [2.24, 2.45) is 46.3 Å². The second-order valence-corrected chi connectivity index (χ2v) is 11.4. The van der Waals surface area contributed by atoms with Gasteiger partial charge in [0, 0.05) is 18.3 Å². The summed E-state index contributed by atoms with van der Waals surface area (Å²) in [6.07, 6.45) is 6.65. The second kappa shape index (κ2) is 6.66. The molecule has 5 aliphatic carbocycles. The van der Waals surface area contributed by atoms with Crippen molar-refractivity contribution in [1.82, 2.24) is 0 Å². The minimum Gasteiger partial charge on any atom is -0.481 e. The van der Waals surface area contributed by atoms with E-state index >= 15 is 0 Å². The third kappa shape index (κ3) is 2.69. The van der Waals surface area contributed by atoms with E-state index in [0.717, 1.165) is 31.3 Å². The van der Waals surface area contributed by atoms with Gasteiger partial charge in [-0.15, -0.1) is 0 Å². The average Bonchev–Trinajstić information content (AvgIpc) is 3.48. The Hall–Kier alpha value is -1.69. The number of aliphatic hydroxyl groups is 1. The van der Waals surface area contributed by atoms with Crippen molar-refractivity contribution in [2.75, 3.05) is 7.11 Å². The molecule has 0 aromatic carbocycles. The molecule has 4 fully saturated rings. The highest BCUT2D eigenvalue weighted by molar-refractivity contribution is 5.92. The highest BCUT2D eigenvalue weighted by Gasteiger charge is 2.77. The predicted molar refractivity (Wildman–Crippen MR) is 112 cm³/mol. The van der Waals surface area contributed by atoms with E-state index in [1.54, 1.807) is 6.08 Å². The molecule has 0 aromatic heterocycles. The first kappa shape index (κ1) is 21.2. The predicted octanol–water partition coefficient (Wildman–Crippen LogP) is 3.37. The maximum atomic E-state index is 13.0. The van der Waals surface area contributed by atoms with Crippen LogP contribution in [0.5, 0.6) is 0 Å². The van der Waals surface area contributed by atoms with Crippen LogP contribution in [-0.2, 0) is 19.1 Å². The molecule has 0 spiro atoms. The molecule has 0 heterocycles. The third-order valence-electron chi connectivity index (χ3n) is 10.4. The fourth-order valence-electron chi connectivity index (χ4n) is 8.83. The van der Waals surface area contributed by atoms with Gasteiger partial charge >= 0.3 is 11.9 Å². The minimum atomic E-state index is -0.980. The van der Waals surface area contributed by atoms with Gasteiger partial charge < -0.3 is 14.9 Å². The lowest BCUT2D eigenvalue weighted by Crippen LogP contribution is -2.59. The zero-order chi connectivity index (χ0) is 22.3. The topological polar surface area (TPSA) is 101 Å². The van der Waals surface area contributed by atoms with E-state index in [9.17, 15) is 24.6 Å². The summed E-state index contributed by atoms with van der Waals surface area (Å²) in [5.74, 6) is -0.158. The molecule has 0 radical (unpaired) electrons. The summed E-state index contributed by atoms with van der Waals surface area (Å²) in [5, 5.41) is 21.2. The maximum Gasteiger partial charge on any atom is 0.309 e. The number of rotatable bonds is 4. The van der Waals surface area contributed by atoms with Crippen molar-refractivity contribution in [3.05, 3.63) is 11.6 Å². The number of aliphatic carboxylic acids is 1. The van der Waals surface area contributed by atoms with Crippen LogP contribution in [0.2, 0.25) is 0 Å². The Morgan fingerprint density at radius 3 is 2.65 bits per heavy atom. The maximum absolute atomic E-state index is 13.0. The number of carbonyl (C=O) groups excluding carboxylic acids is 2. The van der Waals surface area contributed by atoms with Crippen LogP contribution in [-0.4, -0.2) is 40.6 Å². The third-order valence-corrected chi connectivity index (χ3v) is 10.4. The molecule has 6 heteroatoms. The van der Waals surface area contributed by atoms with Gasteiger partial charge in [-0.05, 0) is 79.6 Å². The van der Waals surface area contributed by atoms with Crippen LogP contribution >= 0.6 is 0 Å². The highest BCUT2D eigenvalue weighted by Crippen LogP contribution is 2.78.